The first-order chi connectivity index (χ1) is 13.9. The Labute approximate surface area is 179 Å². The van der Waals surface area contributed by atoms with E-state index in [-0.39, 0.29) is 35.3 Å². The van der Waals surface area contributed by atoms with Gasteiger partial charge in [-0.05, 0) is 46.6 Å². The number of rotatable bonds is 5. The van der Waals surface area contributed by atoms with Crippen LogP contribution in [0.15, 0.2) is 23.2 Å². The Kier molecular flexibility index (Phi) is 5.85. The Morgan fingerprint density at radius 1 is 1.37 bits per heavy atom. The molecule has 0 saturated heterocycles. The van der Waals surface area contributed by atoms with Gasteiger partial charge in [-0.3, -0.25) is 14.5 Å². The fourth-order valence-electron chi connectivity index (χ4n) is 4.15. The summed E-state index contributed by atoms with van der Waals surface area (Å²) in [7, 11) is 0. The zero-order valence-electron chi connectivity index (χ0n) is 18.9. The minimum Gasteiger partial charge on any atom is -0.487 e. The highest BCUT2D eigenvalue weighted by molar-refractivity contribution is 5.99. The van der Waals surface area contributed by atoms with E-state index in [1.807, 2.05) is 59.7 Å². The molecular formula is C23H34N4O3. The number of ether oxygens (including phenoxy) is 1. The van der Waals surface area contributed by atoms with Crippen LogP contribution in [0.3, 0.4) is 0 Å². The number of aryl methyl sites for hydroxylation is 1. The average molecular weight is 415 g/mol. The van der Waals surface area contributed by atoms with Gasteiger partial charge in [-0.1, -0.05) is 25.1 Å². The molecule has 1 aromatic carbocycles. The normalized spacial score (nSPS) is 23.1. The molecule has 0 aromatic heterocycles. The molecule has 0 fully saturated rings. The molecule has 2 aliphatic heterocycles. The SMILES string of the molecule is Cc1cccc2c1OC(C)(C)CC2NC(=O)C(C)CCN1C(=O)CC(C)(C)N=C1N. The van der Waals surface area contributed by atoms with E-state index in [1.165, 1.54) is 4.90 Å². The van der Waals surface area contributed by atoms with E-state index in [4.69, 9.17) is 10.5 Å². The van der Waals surface area contributed by atoms with Crippen molar-refractivity contribution in [1.82, 2.24) is 10.2 Å². The summed E-state index contributed by atoms with van der Waals surface area (Å²) in [5.41, 5.74) is 7.24. The molecule has 2 amide bonds. The van der Waals surface area contributed by atoms with Crippen LogP contribution in [0.5, 0.6) is 5.75 Å². The van der Waals surface area contributed by atoms with E-state index in [0.717, 1.165) is 16.9 Å². The number of benzene rings is 1. The van der Waals surface area contributed by atoms with Gasteiger partial charge in [0.05, 0.1) is 18.0 Å². The lowest BCUT2D eigenvalue weighted by atomic mass is 9.88. The predicted molar refractivity (Wildman–Crippen MR) is 117 cm³/mol. The summed E-state index contributed by atoms with van der Waals surface area (Å²) >= 11 is 0. The van der Waals surface area contributed by atoms with Crippen LogP contribution in [0.1, 0.15) is 71.0 Å². The molecule has 0 saturated carbocycles. The first-order valence-electron chi connectivity index (χ1n) is 10.6. The van der Waals surface area contributed by atoms with Crippen molar-refractivity contribution in [3.63, 3.8) is 0 Å². The highest BCUT2D eigenvalue weighted by Gasteiger charge is 2.36. The van der Waals surface area contributed by atoms with Crippen LogP contribution in [-0.2, 0) is 9.59 Å². The maximum absolute atomic E-state index is 12.9. The second-order valence-electron chi connectivity index (χ2n) is 9.81. The summed E-state index contributed by atoms with van der Waals surface area (Å²) in [6, 6.07) is 5.91. The number of hydrogen-bond acceptors (Lipinski definition) is 5. The maximum atomic E-state index is 12.9. The summed E-state index contributed by atoms with van der Waals surface area (Å²) < 4.78 is 6.17. The number of nitrogens with zero attached hydrogens (tertiary/aromatic N) is 2. The second kappa shape index (κ2) is 7.93. The number of para-hydroxylation sites is 1. The molecule has 0 radical (unpaired) electrons. The molecule has 0 spiro atoms. The lowest BCUT2D eigenvalue weighted by Crippen LogP contribution is -2.50. The average Bonchev–Trinajstić information content (AvgIpc) is 2.60. The Morgan fingerprint density at radius 2 is 2.07 bits per heavy atom. The maximum Gasteiger partial charge on any atom is 0.231 e. The van der Waals surface area contributed by atoms with E-state index in [0.29, 0.717) is 25.8 Å². The quantitative estimate of drug-likeness (QED) is 0.774. The van der Waals surface area contributed by atoms with Gasteiger partial charge in [0.2, 0.25) is 11.8 Å². The van der Waals surface area contributed by atoms with E-state index in [1.54, 1.807) is 0 Å². The Hall–Kier alpha value is -2.57. The number of amides is 2. The van der Waals surface area contributed by atoms with Crippen LogP contribution in [0.4, 0.5) is 0 Å². The number of aliphatic imine (C=N–C) groups is 1. The van der Waals surface area contributed by atoms with Crippen molar-refractivity contribution in [3.8, 4) is 5.75 Å². The van der Waals surface area contributed by atoms with Gasteiger partial charge in [0, 0.05) is 24.4 Å². The Balaban J connectivity index is 1.65. The van der Waals surface area contributed by atoms with Gasteiger partial charge >= 0.3 is 0 Å². The number of guanidine groups is 1. The summed E-state index contributed by atoms with van der Waals surface area (Å²) in [6.07, 6.45) is 1.53. The van der Waals surface area contributed by atoms with E-state index >= 15 is 0 Å². The minimum absolute atomic E-state index is 0.0366. The molecule has 30 heavy (non-hydrogen) atoms. The predicted octanol–water partition coefficient (Wildman–Crippen LogP) is 3.07. The van der Waals surface area contributed by atoms with Crippen LogP contribution >= 0.6 is 0 Å². The molecule has 7 heteroatoms. The molecule has 0 aliphatic carbocycles. The largest absolute Gasteiger partial charge is 0.487 e. The third kappa shape index (κ3) is 4.77. The summed E-state index contributed by atoms with van der Waals surface area (Å²) in [6.45, 7) is 12.1. The molecule has 2 heterocycles. The van der Waals surface area contributed by atoms with Crippen molar-refractivity contribution in [2.24, 2.45) is 16.6 Å². The van der Waals surface area contributed by atoms with Gasteiger partial charge in [0.25, 0.3) is 0 Å². The molecular weight excluding hydrogens is 380 g/mol. The number of nitrogens with one attached hydrogen (secondary N) is 1. The van der Waals surface area contributed by atoms with Gasteiger partial charge in [-0.2, -0.15) is 0 Å². The van der Waals surface area contributed by atoms with Crippen molar-refractivity contribution in [2.75, 3.05) is 6.54 Å². The number of fused-ring (bicyclic) bond motifs is 1. The molecule has 2 atom stereocenters. The summed E-state index contributed by atoms with van der Waals surface area (Å²) in [4.78, 5) is 31.2. The molecule has 3 N–H and O–H groups in total. The van der Waals surface area contributed by atoms with Crippen LogP contribution in [0.2, 0.25) is 0 Å². The molecule has 1 aromatic rings. The van der Waals surface area contributed by atoms with Crippen LogP contribution in [0, 0.1) is 12.8 Å². The number of carbonyl (C=O) groups is 2. The summed E-state index contributed by atoms with van der Waals surface area (Å²) in [5, 5.41) is 3.20. The molecule has 2 unspecified atom stereocenters. The zero-order chi connectivity index (χ0) is 22.3. The topological polar surface area (TPSA) is 97.0 Å². The first kappa shape index (κ1) is 22.1. The van der Waals surface area contributed by atoms with Crippen molar-refractivity contribution >= 4 is 17.8 Å². The number of carbonyl (C=O) groups excluding carboxylic acids is 2. The fourth-order valence-corrected chi connectivity index (χ4v) is 4.15. The number of hydrogen-bond donors (Lipinski definition) is 2. The minimum atomic E-state index is -0.470. The van der Waals surface area contributed by atoms with Crippen LogP contribution in [0.25, 0.3) is 0 Å². The van der Waals surface area contributed by atoms with Crippen molar-refractivity contribution in [2.45, 2.75) is 78.0 Å². The highest BCUT2D eigenvalue weighted by atomic mass is 16.5. The zero-order valence-corrected chi connectivity index (χ0v) is 18.9. The molecule has 3 rings (SSSR count). The molecule has 0 bridgehead atoms. The van der Waals surface area contributed by atoms with Crippen LogP contribution in [-0.4, -0.2) is 40.4 Å². The summed E-state index contributed by atoms with van der Waals surface area (Å²) in [5.74, 6) is 0.748. The number of nitrogens with two attached hydrogens (primary N) is 1. The third-order valence-electron chi connectivity index (χ3n) is 5.82. The smallest absolute Gasteiger partial charge is 0.231 e. The third-order valence-corrected chi connectivity index (χ3v) is 5.82. The van der Waals surface area contributed by atoms with Crippen molar-refractivity contribution in [1.29, 1.82) is 0 Å². The molecule has 7 nitrogen and oxygen atoms in total. The van der Waals surface area contributed by atoms with Crippen molar-refractivity contribution < 1.29 is 14.3 Å². The molecule has 2 aliphatic rings. The first-order valence-corrected chi connectivity index (χ1v) is 10.6. The van der Waals surface area contributed by atoms with E-state index < -0.39 is 5.54 Å². The van der Waals surface area contributed by atoms with Gasteiger partial charge in [0.15, 0.2) is 5.96 Å². The van der Waals surface area contributed by atoms with E-state index in [9.17, 15) is 9.59 Å². The van der Waals surface area contributed by atoms with E-state index in [2.05, 4.69) is 10.3 Å². The van der Waals surface area contributed by atoms with Gasteiger partial charge < -0.3 is 15.8 Å². The Bertz CT molecular complexity index is 875. The second-order valence-corrected chi connectivity index (χ2v) is 9.81. The van der Waals surface area contributed by atoms with Crippen molar-refractivity contribution in [3.05, 3.63) is 29.3 Å². The lowest BCUT2D eigenvalue weighted by Gasteiger charge is -2.39. The fraction of sp³-hybridized carbons (Fsp3) is 0.609. The molecule has 164 valence electrons. The van der Waals surface area contributed by atoms with Crippen LogP contribution < -0.4 is 15.8 Å². The Morgan fingerprint density at radius 3 is 2.73 bits per heavy atom. The van der Waals surface area contributed by atoms with Gasteiger partial charge in [-0.25, -0.2) is 4.99 Å². The van der Waals surface area contributed by atoms with Gasteiger partial charge in [0.1, 0.15) is 11.4 Å². The highest BCUT2D eigenvalue weighted by Crippen LogP contribution is 2.41. The lowest BCUT2D eigenvalue weighted by molar-refractivity contribution is -0.131. The monoisotopic (exact) mass is 414 g/mol. The van der Waals surface area contributed by atoms with Gasteiger partial charge in [-0.15, -0.1) is 0 Å². The standard InChI is InChI=1S/C23H34N4O3/c1-14-8-7-9-16-17(12-23(5,6)30-19(14)16)25-20(29)15(2)10-11-27-18(28)13-22(3,4)26-21(27)24/h7-9,15,17H,10-13H2,1-6H3,(H2,24,26)(H,25,29).